The molecule has 0 radical (unpaired) electrons. The Balaban J connectivity index is 3.63. The number of aliphatic hydroxyl groups excluding tert-OH is 2. The van der Waals surface area contributed by atoms with Crippen molar-refractivity contribution >= 4 is 11.9 Å². The summed E-state index contributed by atoms with van der Waals surface area (Å²) in [7, 11) is 0. The molecule has 0 aromatic heterocycles. The molecule has 2 atom stereocenters. The Morgan fingerprint density at radius 2 is 0.961 bits per heavy atom. The van der Waals surface area contributed by atoms with Crippen LogP contribution in [0.3, 0.4) is 0 Å². The van der Waals surface area contributed by atoms with Crippen LogP contribution >= 0.6 is 0 Å². The summed E-state index contributed by atoms with van der Waals surface area (Å²) in [5.74, 6) is -0.182. The van der Waals surface area contributed by atoms with E-state index in [1.54, 1.807) is 6.08 Å². The van der Waals surface area contributed by atoms with Gasteiger partial charge in [-0.2, -0.15) is 0 Å². The number of amides is 1. The van der Waals surface area contributed by atoms with Gasteiger partial charge in [0.25, 0.3) is 0 Å². The maximum Gasteiger partial charge on any atom is 0.305 e. The van der Waals surface area contributed by atoms with Crippen molar-refractivity contribution in [2.45, 2.75) is 225 Å². The number of ether oxygens (including phenoxy) is 1. The molecule has 6 nitrogen and oxygen atoms in total. The van der Waals surface area contributed by atoms with Crippen LogP contribution in [0.1, 0.15) is 213 Å². The molecule has 1 amide bonds. The second kappa shape index (κ2) is 40.8. The number of aliphatic hydroxyl groups is 2. The number of allylic oxidation sites excluding steroid dienone is 5. The molecule has 0 heterocycles. The van der Waals surface area contributed by atoms with Gasteiger partial charge in [0.1, 0.15) is 0 Å². The summed E-state index contributed by atoms with van der Waals surface area (Å²) < 4.78 is 5.40. The van der Waals surface area contributed by atoms with Gasteiger partial charge in [0.05, 0.1) is 25.4 Å². The van der Waals surface area contributed by atoms with Gasteiger partial charge in [0.2, 0.25) is 5.91 Å². The van der Waals surface area contributed by atoms with Gasteiger partial charge >= 0.3 is 5.97 Å². The van der Waals surface area contributed by atoms with Crippen LogP contribution in [0.25, 0.3) is 0 Å². The zero-order valence-electron chi connectivity index (χ0n) is 33.6. The molecule has 0 aliphatic heterocycles. The standard InChI is InChI=1S/C45H83NO5/c1-3-5-7-9-11-13-15-16-17-19-21-25-29-33-37-43(48)42(41-47)46-44(49)38-34-30-26-22-20-24-28-32-36-40-51-45(50)39-35-31-27-23-18-14-12-10-8-6-4-2/h10,12,22,26,33,37,42-43,47-48H,3-9,11,13-21,23-25,27-32,34-36,38-41H2,1-2H3,(H,46,49)/b12-10-,26-22-,37-33+. The van der Waals surface area contributed by atoms with E-state index in [0.717, 1.165) is 70.6 Å². The molecular formula is C45H83NO5. The molecular weight excluding hydrogens is 634 g/mol. The van der Waals surface area contributed by atoms with Crippen molar-refractivity contribution in [3.63, 3.8) is 0 Å². The van der Waals surface area contributed by atoms with Gasteiger partial charge < -0.3 is 20.3 Å². The van der Waals surface area contributed by atoms with Crippen LogP contribution in [-0.4, -0.2) is 47.4 Å². The molecule has 298 valence electrons. The van der Waals surface area contributed by atoms with Crippen LogP contribution in [0, 0.1) is 0 Å². The number of hydrogen-bond acceptors (Lipinski definition) is 5. The molecule has 0 aliphatic carbocycles. The lowest BCUT2D eigenvalue weighted by Crippen LogP contribution is -2.45. The van der Waals surface area contributed by atoms with E-state index in [4.69, 9.17) is 4.74 Å². The zero-order valence-corrected chi connectivity index (χ0v) is 33.6. The third kappa shape index (κ3) is 37.6. The fourth-order valence-electron chi connectivity index (χ4n) is 6.20. The van der Waals surface area contributed by atoms with Crippen LogP contribution in [-0.2, 0) is 14.3 Å². The van der Waals surface area contributed by atoms with Gasteiger partial charge in [-0.05, 0) is 70.6 Å². The maximum absolute atomic E-state index is 12.3. The van der Waals surface area contributed by atoms with E-state index in [1.807, 2.05) is 6.08 Å². The van der Waals surface area contributed by atoms with E-state index < -0.39 is 12.1 Å². The topological polar surface area (TPSA) is 95.9 Å². The van der Waals surface area contributed by atoms with Crippen LogP contribution in [0.2, 0.25) is 0 Å². The molecule has 0 aromatic carbocycles. The first-order chi connectivity index (χ1) is 25.0. The van der Waals surface area contributed by atoms with E-state index in [9.17, 15) is 19.8 Å². The Bertz CT molecular complexity index is 838. The number of unbranched alkanes of at least 4 members (excludes halogenated alkanes) is 24. The highest BCUT2D eigenvalue weighted by molar-refractivity contribution is 5.76. The van der Waals surface area contributed by atoms with Gasteiger partial charge in [-0.3, -0.25) is 9.59 Å². The highest BCUT2D eigenvalue weighted by Gasteiger charge is 2.17. The van der Waals surface area contributed by atoms with Crippen molar-refractivity contribution in [2.75, 3.05) is 13.2 Å². The minimum absolute atomic E-state index is 0.0504. The van der Waals surface area contributed by atoms with E-state index in [0.29, 0.717) is 19.4 Å². The molecule has 0 bridgehead atoms. The molecule has 0 rings (SSSR count). The Morgan fingerprint density at radius 1 is 0.529 bits per heavy atom. The van der Waals surface area contributed by atoms with Crippen molar-refractivity contribution < 1.29 is 24.5 Å². The first-order valence-electron chi connectivity index (χ1n) is 21.8. The molecule has 0 saturated heterocycles. The predicted molar refractivity (Wildman–Crippen MR) is 218 cm³/mol. The van der Waals surface area contributed by atoms with Crippen LogP contribution in [0.4, 0.5) is 0 Å². The number of hydrogen-bond donors (Lipinski definition) is 3. The van der Waals surface area contributed by atoms with Crippen LogP contribution in [0.15, 0.2) is 36.5 Å². The highest BCUT2D eigenvalue weighted by Crippen LogP contribution is 2.13. The van der Waals surface area contributed by atoms with Crippen molar-refractivity contribution in [1.29, 1.82) is 0 Å². The lowest BCUT2D eigenvalue weighted by molar-refractivity contribution is -0.143. The van der Waals surface area contributed by atoms with Crippen molar-refractivity contribution in [2.24, 2.45) is 0 Å². The molecule has 3 N–H and O–H groups in total. The maximum atomic E-state index is 12.3. The Labute approximate surface area is 315 Å². The SMILES string of the molecule is CCCC/C=C\CCCCCCCC(=O)OCCCCCC/C=C\CCCC(=O)NC(CO)C(O)/C=C/CCCCCCCCCCCCCC. The third-order valence-corrected chi connectivity index (χ3v) is 9.63. The Kier molecular flexibility index (Phi) is 39.3. The second-order valence-electron chi connectivity index (χ2n) is 14.7. The second-order valence-corrected chi connectivity index (χ2v) is 14.7. The molecule has 2 unspecified atom stereocenters. The average molecular weight is 718 g/mol. The molecule has 0 aromatic rings. The molecule has 0 fully saturated rings. The number of carbonyl (C=O) groups excluding carboxylic acids is 2. The van der Waals surface area contributed by atoms with E-state index in [2.05, 4.69) is 43.5 Å². The first-order valence-corrected chi connectivity index (χ1v) is 21.8. The lowest BCUT2D eigenvalue weighted by atomic mass is 10.0. The monoisotopic (exact) mass is 718 g/mol. The number of rotatable bonds is 39. The average Bonchev–Trinajstić information content (AvgIpc) is 3.13. The van der Waals surface area contributed by atoms with Crippen molar-refractivity contribution in [3.8, 4) is 0 Å². The predicted octanol–water partition coefficient (Wildman–Crippen LogP) is 12.2. The summed E-state index contributed by atoms with van der Waals surface area (Å²) in [6, 6.07) is -0.664. The fraction of sp³-hybridized carbons (Fsp3) is 0.822. The lowest BCUT2D eigenvalue weighted by Gasteiger charge is -2.19. The van der Waals surface area contributed by atoms with Gasteiger partial charge in [-0.1, -0.05) is 166 Å². The van der Waals surface area contributed by atoms with Gasteiger partial charge in [-0.25, -0.2) is 0 Å². The minimum atomic E-state index is -0.874. The van der Waals surface area contributed by atoms with Crippen LogP contribution < -0.4 is 5.32 Å². The van der Waals surface area contributed by atoms with Gasteiger partial charge in [0.15, 0.2) is 0 Å². The normalized spacial score (nSPS) is 13.1. The molecule has 0 saturated carbocycles. The smallest absolute Gasteiger partial charge is 0.305 e. The van der Waals surface area contributed by atoms with E-state index >= 15 is 0 Å². The summed E-state index contributed by atoms with van der Waals surface area (Å²) in [6.45, 7) is 4.74. The van der Waals surface area contributed by atoms with E-state index in [1.165, 1.54) is 116 Å². The number of esters is 1. The third-order valence-electron chi connectivity index (χ3n) is 9.63. The van der Waals surface area contributed by atoms with Crippen molar-refractivity contribution in [1.82, 2.24) is 5.32 Å². The summed E-state index contributed by atoms with van der Waals surface area (Å²) in [6.07, 6.45) is 47.0. The summed E-state index contributed by atoms with van der Waals surface area (Å²) in [5.41, 5.74) is 0. The van der Waals surface area contributed by atoms with Gasteiger partial charge in [-0.15, -0.1) is 0 Å². The first kappa shape index (κ1) is 49.1. The van der Waals surface area contributed by atoms with Gasteiger partial charge in [0, 0.05) is 12.8 Å². The fourth-order valence-corrected chi connectivity index (χ4v) is 6.20. The van der Waals surface area contributed by atoms with E-state index in [-0.39, 0.29) is 18.5 Å². The minimum Gasteiger partial charge on any atom is -0.466 e. The molecule has 0 aliphatic rings. The summed E-state index contributed by atoms with van der Waals surface area (Å²) in [5, 5.41) is 22.9. The number of nitrogens with one attached hydrogen (secondary N) is 1. The zero-order chi connectivity index (χ0) is 37.3. The molecule has 6 heteroatoms. The summed E-state index contributed by atoms with van der Waals surface area (Å²) >= 11 is 0. The Morgan fingerprint density at radius 3 is 1.49 bits per heavy atom. The quantitative estimate of drug-likeness (QED) is 0.0334. The highest BCUT2D eigenvalue weighted by atomic mass is 16.5. The Hall–Kier alpha value is -1.92. The van der Waals surface area contributed by atoms with Crippen molar-refractivity contribution in [3.05, 3.63) is 36.5 Å². The molecule has 51 heavy (non-hydrogen) atoms. The van der Waals surface area contributed by atoms with Crippen LogP contribution in [0.5, 0.6) is 0 Å². The molecule has 0 spiro atoms. The number of carbonyl (C=O) groups is 2. The largest absolute Gasteiger partial charge is 0.466 e. The summed E-state index contributed by atoms with van der Waals surface area (Å²) in [4.78, 5) is 24.3.